The minimum Gasteiger partial charge on any atom is -0.480 e. The molecular weight excluding hydrogens is 466 g/mol. The summed E-state index contributed by atoms with van der Waals surface area (Å²) < 4.78 is 0. The second kappa shape index (κ2) is 10.5. The molecule has 1 spiro atoms. The fraction of sp³-hybridized carbons (Fsp3) is 0.759. The number of amides is 1. The molecule has 1 aromatic heterocycles. The van der Waals surface area contributed by atoms with Gasteiger partial charge in [-0.15, -0.1) is 0 Å². The maximum Gasteiger partial charge on any atom is 0.326 e. The van der Waals surface area contributed by atoms with E-state index in [1.54, 1.807) is 0 Å². The number of hydrogen-bond donors (Lipinski definition) is 3. The number of carboxylic acid groups (broad SMARTS) is 1. The third-order valence-electron chi connectivity index (χ3n) is 9.96. The number of pyridine rings is 1. The van der Waals surface area contributed by atoms with Gasteiger partial charge in [0.15, 0.2) is 0 Å². The quantitative estimate of drug-likeness (QED) is 0.446. The number of aliphatic carboxylic acids is 1. The molecule has 8 nitrogen and oxygen atoms in total. The zero-order valence-electron chi connectivity index (χ0n) is 22.1. The van der Waals surface area contributed by atoms with Gasteiger partial charge in [-0.05, 0) is 106 Å². The maximum absolute atomic E-state index is 13.0. The van der Waals surface area contributed by atoms with Gasteiger partial charge in [0, 0.05) is 31.9 Å². The van der Waals surface area contributed by atoms with Gasteiger partial charge in [0.1, 0.15) is 11.9 Å². The monoisotopic (exact) mass is 509 g/mol. The van der Waals surface area contributed by atoms with Crippen LogP contribution < -0.4 is 10.6 Å². The number of aromatic nitrogens is 1. The van der Waals surface area contributed by atoms with Crippen molar-refractivity contribution in [2.45, 2.75) is 82.7 Å². The number of nitrogens with zero attached hydrogens (tertiary/aromatic N) is 3. The highest BCUT2D eigenvalue weighted by molar-refractivity contribution is 5.87. The normalized spacial score (nSPS) is 30.5. The van der Waals surface area contributed by atoms with Crippen molar-refractivity contribution in [1.82, 2.24) is 20.1 Å². The standard InChI is InChI=1S/C29H43N5O3/c35-27(25-7-3-13-34(25)18-20-4-1-5-20)32-24(28(36)37)10-14-33-15-11-29(19-33)17-22(29)16-23-9-8-21-6-2-12-30-26(21)31-23/h8-9,20,22,24-25H,1-7,10-19H2,(H,30,31)(H,32,35)(H,36,37)/t22-,24-,25-,29?/m0/s1. The summed E-state index contributed by atoms with van der Waals surface area (Å²) in [5.74, 6) is 1.47. The van der Waals surface area contributed by atoms with Crippen LogP contribution in [0.3, 0.4) is 0 Å². The number of carboxylic acids is 1. The third-order valence-corrected chi connectivity index (χ3v) is 9.96. The van der Waals surface area contributed by atoms with Crippen molar-refractivity contribution >= 4 is 17.7 Å². The molecule has 1 unspecified atom stereocenters. The van der Waals surface area contributed by atoms with E-state index in [9.17, 15) is 14.7 Å². The lowest BCUT2D eigenvalue weighted by molar-refractivity contribution is -0.142. The van der Waals surface area contributed by atoms with Crippen molar-refractivity contribution < 1.29 is 14.7 Å². The number of aryl methyl sites for hydroxylation is 1. The van der Waals surface area contributed by atoms with Crippen LogP contribution >= 0.6 is 0 Å². The summed E-state index contributed by atoms with van der Waals surface area (Å²) in [6.45, 7) is 5.75. The summed E-state index contributed by atoms with van der Waals surface area (Å²) in [5, 5.41) is 16.2. The Hall–Kier alpha value is -2.19. The van der Waals surface area contributed by atoms with Gasteiger partial charge in [-0.1, -0.05) is 12.5 Å². The Morgan fingerprint density at radius 2 is 2.08 bits per heavy atom. The number of carbonyl (C=O) groups is 2. The Labute approximate surface area is 220 Å². The van der Waals surface area contributed by atoms with E-state index >= 15 is 0 Å². The molecule has 1 amide bonds. The Kier molecular flexibility index (Phi) is 7.14. The van der Waals surface area contributed by atoms with Gasteiger partial charge in [-0.2, -0.15) is 0 Å². The van der Waals surface area contributed by atoms with Crippen molar-refractivity contribution in [3.8, 4) is 0 Å². The molecule has 3 N–H and O–H groups in total. The lowest BCUT2D eigenvalue weighted by Gasteiger charge is -2.33. The van der Waals surface area contributed by atoms with Gasteiger partial charge in [0.2, 0.25) is 5.91 Å². The average Bonchev–Trinajstić information content (AvgIpc) is 3.19. The molecule has 202 valence electrons. The lowest BCUT2D eigenvalue weighted by atomic mass is 9.85. The summed E-state index contributed by atoms with van der Waals surface area (Å²) in [6.07, 6.45) is 11.9. The van der Waals surface area contributed by atoms with E-state index in [2.05, 4.69) is 32.6 Å². The molecule has 37 heavy (non-hydrogen) atoms. The second-order valence-corrected chi connectivity index (χ2v) is 12.5. The maximum atomic E-state index is 13.0. The van der Waals surface area contributed by atoms with Crippen LogP contribution in [0.1, 0.15) is 69.0 Å². The second-order valence-electron chi connectivity index (χ2n) is 12.5. The van der Waals surface area contributed by atoms with Crippen molar-refractivity contribution in [3.63, 3.8) is 0 Å². The first-order valence-corrected chi connectivity index (χ1v) is 14.7. The highest BCUT2D eigenvalue weighted by Gasteiger charge is 2.56. The first kappa shape index (κ1) is 25.1. The van der Waals surface area contributed by atoms with Crippen LogP contribution in [0, 0.1) is 17.3 Å². The minimum absolute atomic E-state index is 0.0867. The van der Waals surface area contributed by atoms with Crippen molar-refractivity contribution in [1.29, 1.82) is 0 Å². The number of nitrogens with one attached hydrogen (secondary N) is 2. The summed E-state index contributed by atoms with van der Waals surface area (Å²) in [6, 6.07) is 3.50. The molecule has 6 rings (SSSR count). The molecule has 0 bridgehead atoms. The van der Waals surface area contributed by atoms with E-state index in [-0.39, 0.29) is 11.9 Å². The van der Waals surface area contributed by atoms with Gasteiger partial charge in [0.25, 0.3) is 0 Å². The smallest absolute Gasteiger partial charge is 0.326 e. The van der Waals surface area contributed by atoms with Crippen molar-refractivity contribution in [2.24, 2.45) is 17.3 Å². The molecule has 2 aliphatic carbocycles. The molecule has 4 atom stereocenters. The number of likely N-dealkylation sites (tertiary alicyclic amines) is 2. The Bertz CT molecular complexity index is 1010. The fourth-order valence-corrected chi connectivity index (χ4v) is 7.32. The molecule has 0 radical (unpaired) electrons. The zero-order chi connectivity index (χ0) is 25.4. The molecule has 5 aliphatic rings. The number of rotatable bonds is 10. The van der Waals surface area contributed by atoms with Gasteiger partial charge >= 0.3 is 5.97 Å². The fourth-order valence-electron chi connectivity index (χ4n) is 7.32. The van der Waals surface area contributed by atoms with E-state index in [0.717, 1.165) is 76.7 Å². The highest BCUT2D eigenvalue weighted by atomic mass is 16.4. The number of fused-ring (bicyclic) bond motifs is 1. The molecular formula is C29H43N5O3. The summed E-state index contributed by atoms with van der Waals surface area (Å²) in [4.78, 5) is 34.7. The SMILES string of the molecule is O=C(O)[C@H](CCN1CCC2(C[C@@H]2Cc2ccc3c(n2)NCCC3)C1)NC(=O)[C@@H]1CCCN1CC1CCC1. The highest BCUT2D eigenvalue weighted by Crippen LogP contribution is 2.59. The number of carbonyl (C=O) groups excluding carboxylic acids is 1. The molecule has 2 saturated heterocycles. The summed E-state index contributed by atoms with van der Waals surface area (Å²) in [5.41, 5.74) is 2.91. The van der Waals surface area contributed by atoms with E-state index in [0.29, 0.717) is 17.8 Å². The molecule has 8 heteroatoms. The van der Waals surface area contributed by atoms with E-state index in [4.69, 9.17) is 4.98 Å². The van der Waals surface area contributed by atoms with Gasteiger partial charge < -0.3 is 20.6 Å². The predicted octanol–water partition coefficient (Wildman–Crippen LogP) is 2.92. The minimum atomic E-state index is -0.915. The Morgan fingerprint density at radius 3 is 2.89 bits per heavy atom. The number of anilines is 1. The third kappa shape index (κ3) is 5.51. The summed E-state index contributed by atoms with van der Waals surface area (Å²) in [7, 11) is 0. The summed E-state index contributed by atoms with van der Waals surface area (Å²) >= 11 is 0. The molecule has 4 fully saturated rings. The topological polar surface area (TPSA) is 97.8 Å². The average molecular weight is 510 g/mol. The molecule has 2 saturated carbocycles. The first-order valence-electron chi connectivity index (χ1n) is 14.7. The van der Waals surface area contributed by atoms with Crippen LogP contribution in [-0.2, 0) is 22.4 Å². The number of hydrogen-bond acceptors (Lipinski definition) is 6. The van der Waals surface area contributed by atoms with E-state index in [1.807, 2.05) is 0 Å². The zero-order valence-corrected chi connectivity index (χ0v) is 22.1. The van der Waals surface area contributed by atoms with Crippen molar-refractivity contribution in [2.75, 3.05) is 44.6 Å². The molecule has 1 aromatic rings. The van der Waals surface area contributed by atoms with Gasteiger partial charge in [0.05, 0.1) is 6.04 Å². The van der Waals surface area contributed by atoms with Crippen LogP contribution in [0.15, 0.2) is 12.1 Å². The van der Waals surface area contributed by atoms with Crippen LogP contribution in [0.4, 0.5) is 5.82 Å². The lowest BCUT2D eigenvalue weighted by Crippen LogP contribution is -2.51. The largest absolute Gasteiger partial charge is 0.480 e. The van der Waals surface area contributed by atoms with Crippen molar-refractivity contribution in [3.05, 3.63) is 23.4 Å². The molecule has 4 heterocycles. The van der Waals surface area contributed by atoms with Crippen LogP contribution in [-0.4, -0.2) is 83.1 Å². The van der Waals surface area contributed by atoms with Gasteiger partial charge in [-0.25, -0.2) is 9.78 Å². The first-order chi connectivity index (χ1) is 18.0. The molecule has 3 aliphatic heterocycles. The van der Waals surface area contributed by atoms with Gasteiger partial charge in [-0.3, -0.25) is 9.69 Å². The molecule has 0 aromatic carbocycles. The predicted molar refractivity (Wildman–Crippen MR) is 142 cm³/mol. The van der Waals surface area contributed by atoms with Crippen LogP contribution in [0.25, 0.3) is 0 Å². The Balaban J connectivity index is 0.972. The van der Waals surface area contributed by atoms with E-state index in [1.165, 1.54) is 49.8 Å². The van der Waals surface area contributed by atoms with Crippen LogP contribution in [0.5, 0.6) is 0 Å². The Morgan fingerprint density at radius 1 is 1.19 bits per heavy atom. The van der Waals surface area contributed by atoms with E-state index < -0.39 is 12.0 Å². The van der Waals surface area contributed by atoms with Crippen LogP contribution in [0.2, 0.25) is 0 Å².